The maximum absolute atomic E-state index is 8.82. The van der Waals surface area contributed by atoms with Gasteiger partial charge in [-0.15, -0.1) is 0 Å². The fraction of sp³-hybridized carbons (Fsp3) is 0.462. The van der Waals surface area contributed by atoms with E-state index in [0.29, 0.717) is 0 Å². The second kappa shape index (κ2) is 7.30. The third-order valence-electron chi connectivity index (χ3n) is 2.27. The molecule has 0 saturated heterocycles. The molecule has 0 aliphatic rings. The first-order valence-electron chi connectivity index (χ1n) is 5.57. The minimum absolute atomic E-state index is 0.759. The van der Waals surface area contributed by atoms with Gasteiger partial charge in [0.25, 0.3) is 0 Å². The minimum Gasteiger partial charge on any atom is -0.494 e. The highest BCUT2D eigenvalue weighted by Gasteiger charge is 1.96. The van der Waals surface area contributed by atoms with Crippen LogP contribution in [0.2, 0.25) is 0 Å². The summed E-state index contributed by atoms with van der Waals surface area (Å²) in [5.74, 6) is 0.828. The van der Waals surface area contributed by atoms with Crippen LogP contribution >= 0.6 is 0 Å². The lowest BCUT2D eigenvalue weighted by molar-refractivity contribution is 0.304. The summed E-state index contributed by atoms with van der Waals surface area (Å²) < 4.78 is 5.56. The molecule has 1 aromatic rings. The first kappa shape index (κ1) is 12.1. The lowest BCUT2D eigenvalue weighted by atomic mass is 10.2. The van der Waals surface area contributed by atoms with Crippen LogP contribution in [0.1, 0.15) is 38.2 Å². The molecule has 0 saturated carbocycles. The van der Waals surface area contributed by atoms with E-state index >= 15 is 0 Å². The highest BCUT2D eigenvalue weighted by molar-refractivity contribution is 5.31. The van der Waals surface area contributed by atoms with E-state index in [1.807, 2.05) is 24.3 Å². The van der Waals surface area contributed by atoms with Crippen molar-refractivity contribution in [3.8, 4) is 5.75 Å². The zero-order valence-corrected chi connectivity index (χ0v) is 9.28. The molecule has 0 fully saturated rings. The van der Waals surface area contributed by atoms with Crippen LogP contribution in [0.3, 0.4) is 0 Å². The van der Waals surface area contributed by atoms with Gasteiger partial charge in [-0.1, -0.05) is 38.3 Å². The number of rotatable bonds is 7. The van der Waals surface area contributed by atoms with Crippen molar-refractivity contribution in [3.05, 3.63) is 36.4 Å². The first-order chi connectivity index (χ1) is 7.36. The molecule has 0 amide bonds. The molecular weight excluding hydrogens is 188 g/mol. The van der Waals surface area contributed by atoms with Gasteiger partial charge in [0.2, 0.25) is 0 Å². The summed E-state index contributed by atoms with van der Waals surface area (Å²) in [5.41, 5.74) is 0.779. The van der Waals surface area contributed by atoms with Crippen LogP contribution in [0.5, 0.6) is 5.75 Å². The summed E-state index contributed by atoms with van der Waals surface area (Å²) in [4.78, 5) is 0. The molecule has 15 heavy (non-hydrogen) atoms. The number of aliphatic hydroxyl groups excluding tert-OH is 1. The number of unbranched alkanes of at least 4 members (excludes halogenated alkanes) is 3. The predicted molar refractivity (Wildman–Crippen MR) is 61.4 cm³/mol. The topological polar surface area (TPSA) is 29.5 Å². The smallest absolute Gasteiger partial charge is 0.119 e. The number of hydrogen-bond acceptors (Lipinski definition) is 2. The van der Waals surface area contributed by atoms with Crippen LogP contribution in [-0.2, 0) is 0 Å². The second-order valence-electron chi connectivity index (χ2n) is 3.61. The predicted octanol–water partition coefficient (Wildman–Crippen LogP) is 3.53. The molecule has 0 unspecified atom stereocenters. The molecule has 2 heteroatoms. The maximum Gasteiger partial charge on any atom is 0.119 e. The average molecular weight is 207 g/mol. The van der Waals surface area contributed by atoms with Gasteiger partial charge in [-0.3, -0.25) is 0 Å². The van der Waals surface area contributed by atoms with E-state index in [2.05, 4.69) is 6.92 Å². The number of aliphatic hydroxyl groups is 1. The van der Waals surface area contributed by atoms with Crippen LogP contribution in [-0.4, -0.2) is 11.7 Å². The third-order valence-corrected chi connectivity index (χ3v) is 2.27. The van der Waals surface area contributed by atoms with Gasteiger partial charge >= 0.3 is 0 Å². The third kappa shape index (κ3) is 4.84. The molecule has 0 spiro atoms. The summed E-state index contributed by atoms with van der Waals surface area (Å²) in [7, 11) is 0. The van der Waals surface area contributed by atoms with Gasteiger partial charge in [-0.05, 0) is 24.1 Å². The Hall–Kier alpha value is -1.02. The Balaban J connectivity index is 2.24. The van der Waals surface area contributed by atoms with Crippen LogP contribution in [0.4, 0.5) is 0 Å². The van der Waals surface area contributed by atoms with Crippen LogP contribution < -0.4 is 4.74 Å². The Bertz CT molecular complexity index is 271. The van der Waals surface area contributed by atoms with Gasteiger partial charge < -0.3 is 9.84 Å². The summed E-state index contributed by atoms with van der Waals surface area (Å²) >= 11 is 0. The Morgan fingerprint density at radius 3 is 2.87 bits per heavy atom. The van der Waals surface area contributed by atoms with Gasteiger partial charge in [0, 0.05) is 0 Å². The van der Waals surface area contributed by atoms with Crippen molar-refractivity contribution in [3.63, 3.8) is 0 Å². The lowest BCUT2D eigenvalue weighted by Crippen LogP contribution is -1.97. The van der Waals surface area contributed by atoms with Gasteiger partial charge in [-0.25, -0.2) is 0 Å². The van der Waals surface area contributed by atoms with E-state index in [4.69, 9.17) is 9.84 Å². The molecule has 0 atom stereocenters. The van der Waals surface area contributed by atoms with Crippen molar-refractivity contribution in [2.24, 2.45) is 0 Å². The number of benzene rings is 1. The van der Waals surface area contributed by atoms with Crippen molar-refractivity contribution < 1.29 is 9.84 Å². The van der Waals surface area contributed by atoms with Crippen molar-refractivity contribution in [1.29, 1.82) is 0 Å². The Morgan fingerprint density at radius 1 is 1.27 bits per heavy atom. The van der Waals surface area contributed by atoms with Gasteiger partial charge in [0.15, 0.2) is 0 Å². The molecule has 0 aliphatic heterocycles. The maximum atomic E-state index is 8.82. The first-order valence-corrected chi connectivity index (χ1v) is 5.57. The average Bonchev–Trinajstić information content (AvgIpc) is 2.29. The van der Waals surface area contributed by atoms with Crippen molar-refractivity contribution >= 4 is 0 Å². The second-order valence-corrected chi connectivity index (χ2v) is 3.61. The molecule has 1 N–H and O–H groups in total. The zero-order chi connectivity index (χ0) is 10.9. The molecule has 1 rings (SSSR count). The minimum atomic E-state index is 0.759. The standard InChI is InChI=1S/C13H19O2/c1-2-3-4-5-9-15-13-8-6-7-12(10-13)11-14/h6-8,10-11,14H,2-5,9H2,1H3. The highest BCUT2D eigenvalue weighted by atomic mass is 16.5. The summed E-state index contributed by atoms with van der Waals surface area (Å²) in [5, 5.41) is 8.82. The van der Waals surface area contributed by atoms with E-state index in [0.717, 1.165) is 30.9 Å². The Morgan fingerprint density at radius 2 is 2.13 bits per heavy atom. The van der Waals surface area contributed by atoms with Crippen molar-refractivity contribution in [2.75, 3.05) is 6.61 Å². The molecule has 0 aliphatic carbocycles. The van der Waals surface area contributed by atoms with Crippen molar-refractivity contribution in [1.82, 2.24) is 0 Å². The van der Waals surface area contributed by atoms with E-state index < -0.39 is 0 Å². The molecular formula is C13H19O2. The van der Waals surface area contributed by atoms with Gasteiger partial charge in [0.05, 0.1) is 6.61 Å². The summed E-state index contributed by atoms with van der Waals surface area (Å²) in [6, 6.07) is 7.46. The van der Waals surface area contributed by atoms with Crippen molar-refractivity contribution in [2.45, 2.75) is 32.6 Å². The quantitative estimate of drug-likeness (QED) is 0.693. The highest BCUT2D eigenvalue weighted by Crippen LogP contribution is 2.14. The van der Waals surface area contributed by atoms with E-state index in [9.17, 15) is 0 Å². The van der Waals surface area contributed by atoms with E-state index in [1.54, 1.807) is 0 Å². The zero-order valence-electron chi connectivity index (χ0n) is 9.28. The molecule has 0 heterocycles. The normalized spacial score (nSPS) is 10.3. The largest absolute Gasteiger partial charge is 0.494 e. The van der Waals surface area contributed by atoms with E-state index in [1.165, 1.54) is 19.3 Å². The SMILES string of the molecule is CCCCCCOc1cccc([CH]O)c1. The summed E-state index contributed by atoms with van der Waals surface area (Å²) in [6.07, 6.45) is 4.84. The fourth-order valence-electron chi connectivity index (χ4n) is 1.40. The van der Waals surface area contributed by atoms with E-state index in [-0.39, 0.29) is 0 Å². The molecule has 2 nitrogen and oxygen atoms in total. The van der Waals surface area contributed by atoms with Gasteiger partial charge in [-0.2, -0.15) is 0 Å². The number of hydrogen-bond donors (Lipinski definition) is 1. The Labute approximate surface area is 91.9 Å². The molecule has 0 aromatic heterocycles. The molecule has 1 aromatic carbocycles. The fourth-order valence-corrected chi connectivity index (χ4v) is 1.40. The lowest BCUT2D eigenvalue weighted by Gasteiger charge is -2.06. The monoisotopic (exact) mass is 207 g/mol. The van der Waals surface area contributed by atoms with Crippen LogP contribution in [0, 0.1) is 6.61 Å². The number of ether oxygens (including phenoxy) is 1. The van der Waals surface area contributed by atoms with Crippen LogP contribution in [0.25, 0.3) is 0 Å². The molecule has 0 bridgehead atoms. The van der Waals surface area contributed by atoms with Gasteiger partial charge in [0.1, 0.15) is 12.4 Å². The Kier molecular flexibility index (Phi) is 5.86. The summed E-state index contributed by atoms with van der Waals surface area (Å²) in [6.45, 7) is 4.04. The van der Waals surface area contributed by atoms with Crippen LogP contribution in [0.15, 0.2) is 24.3 Å². The molecule has 1 radical (unpaired) electrons. The molecule has 83 valence electrons.